The second-order valence-corrected chi connectivity index (χ2v) is 5.61. The van der Waals surface area contributed by atoms with Crippen molar-refractivity contribution in [1.29, 1.82) is 0 Å². The summed E-state index contributed by atoms with van der Waals surface area (Å²) in [4.78, 5) is 2.48. The highest BCUT2D eigenvalue weighted by Gasteiger charge is 1.97. The molecule has 0 aliphatic heterocycles. The molecule has 1 N–H and O–H groups in total. The minimum absolute atomic E-state index is 1.15. The minimum Gasteiger partial charge on any atom is -0.315 e. The SMILES string of the molecule is CCCCCCCCCCCNCCN(CC)CC. The van der Waals surface area contributed by atoms with Crippen molar-refractivity contribution < 1.29 is 0 Å². The molecule has 0 aromatic rings. The molecule has 0 saturated heterocycles. The van der Waals surface area contributed by atoms with Crippen LogP contribution in [0.2, 0.25) is 0 Å². The van der Waals surface area contributed by atoms with E-state index < -0.39 is 0 Å². The van der Waals surface area contributed by atoms with Crippen LogP contribution in [-0.4, -0.2) is 37.6 Å². The molecule has 0 amide bonds. The van der Waals surface area contributed by atoms with Crippen LogP contribution >= 0.6 is 0 Å². The highest BCUT2D eigenvalue weighted by molar-refractivity contribution is 4.56. The number of nitrogens with one attached hydrogen (secondary N) is 1. The molecular weight excluding hydrogens is 232 g/mol. The zero-order chi connectivity index (χ0) is 14.2. The van der Waals surface area contributed by atoms with Crippen molar-refractivity contribution in [1.82, 2.24) is 10.2 Å². The summed E-state index contributed by atoms with van der Waals surface area (Å²) in [5.74, 6) is 0. The number of nitrogens with zero attached hydrogens (tertiary/aromatic N) is 1. The number of hydrogen-bond donors (Lipinski definition) is 1. The van der Waals surface area contributed by atoms with Crippen LogP contribution in [0.3, 0.4) is 0 Å². The van der Waals surface area contributed by atoms with Gasteiger partial charge in [0, 0.05) is 13.1 Å². The molecule has 0 radical (unpaired) electrons. The second-order valence-electron chi connectivity index (χ2n) is 5.61. The molecule has 0 aliphatic rings. The molecule has 0 unspecified atom stereocenters. The molecule has 116 valence electrons. The predicted octanol–water partition coefficient (Wildman–Crippen LogP) is 4.45. The van der Waals surface area contributed by atoms with Gasteiger partial charge in [-0.05, 0) is 26.1 Å². The fourth-order valence-electron chi connectivity index (χ4n) is 2.46. The van der Waals surface area contributed by atoms with E-state index in [2.05, 4.69) is 31.0 Å². The maximum atomic E-state index is 3.56. The summed E-state index contributed by atoms with van der Waals surface area (Å²) in [7, 11) is 0. The van der Waals surface area contributed by atoms with E-state index in [0.29, 0.717) is 0 Å². The van der Waals surface area contributed by atoms with Gasteiger partial charge in [-0.25, -0.2) is 0 Å². The number of unbranched alkanes of at least 4 members (excludes halogenated alkanes) is 8. The fourth-order valence-corrected chi connectivity index (χ4v) is 2.46. The fraction of sp³-hybridized carbons (Fsp3) is 1.00. The van der Waals surface area contributed by atoms with Crippen LogP contribution < -0.4 is 5.32 Å². The van der Waals surface area contributed by atoms with Crippen molar-refractivity contribution >= 4 is 0 Å². The van der Waals surface area contributed by atoms with E-state index in [1.165, 1.54) is 84.0 Å². The Morgan fingerprint density at radius 1 is 0.632 bits per heavy atom. The highest BCUT2D eigenvalue weighted by Crippen LogP contribution is 2.09. The van der Waals surface area contributed by atoms with Crippen LogP contribution in [0.5, 0.6) is 0 Å². The summed E-state index contributed by atoms with van der Waals surface area (Å²) in [6.45, 7) is 12.7. The molecule has 0 fully saturated rings. The second kappa shape index (κ2) is 16.0. The zero-order valence-electron chi connectivity index (χ0n) is 13.8. The quantitative estimate of drug-likeness (QED) is 0.442. The average Bonchev–Trinajstić information content (AvgIpc) is 2.44. The molecule has 0 saturated carbocycles. The van der Waals surface area contributed by atoms with Crippen LogP contribution in [0.25, 0.3) is 0 Å². The Morgan fingerprint density at radius 2 is 1.16 bits per heavy atom. The Kier molecular flexibility index (Phi) is 15.9. The number of likely N-dealkylation sites (N-methyl/N-ethyl adjacent to an activating group) is 1. The van der Waals surface area contributed by atoms with Gasteiger partial charge in [-0.3, -0.25) is 0 Å². The van der Waals surface area contributed by atoms with Crippen molar-refractivity contribution in [2.45, 2.75) is 78.6 Å². The topological polar surface area (TPSA) is 15.3 Å². The lowest BCUT2D eigenvalue weighted by Crippen LogP contribution is -2.32. The van der Waals surface area contributed by atoms with Crippen molar-refractivity contribution in [2.75, 3.05) is 32.7 Å². The molecule has 0 atom stereocenters. The first kappa shape index (κ1) is 18.9. The van der Waals surface area contributed by atoms with E-state index >= 15 is 0 Å². The van der Waals surface area contributed by atoms with Gasteiger partial charge >= 0.3 is 0 Å². The minimum atomic E-state index is 1.15. The monoisotopic (exact) mass is 270 g/mol. The largest absolute Gasteiger partial charge is 0.315 e. The van der Waals surface area contributed by atoms with E-state index in [4.69, 9.17) is 0 Å². The summed E-state index contributed by atoms with van der Waals surface area (Å²) < 4.78 is 0. The summed E-state index contributed by atoms with van der Waals surface area (Å²) in [5, 5.41) is 3.56. The molecule has 0 heterocycles. The Hall–Kier alpha value is -0.0800. The first-order valence-electron chi connectivity index (χ1n) is 8.78. The van der Waals surface area contributed by atoms with E-state index in [1.807, 2.05) is 0 Å². The Morgan fingerprint density at radius 3 is 1.68 bits per heavy atom. The Bertz CT molecular complexity index is 155. The lowest BCUT2D eigenvalue weighted by Gasteiger charge is -2.17. The maximum Gasteiger partial charge on any atom is 0.0107 e. The summed E-state index contributed by atoms with van der Waals surface area (Å²) in [5.41, 5.74) is 0. The van der Waals surface area contributed by atoms with Crippen LogP contribution in [0, 0.1) is 0 Å². The first-order valence-corrected chi connectivity index (χ1v) is 8.78. The molecular formula is C17H38N2. The maximum absolute atomic E-state index is 3.56. The molecule has 2 nitrogen and oxygen atoms in total. The predicted molar refractivity (Wildman–Crippen MR) is 87.9 cm³/mol. The van der Waals surface area contributed by atoms with E-state index in [-0.39, 0.29) is 0 Å². The molecule has 0 aromatic heterocycles. The number of rotatable bonds is 15. The molecule has 19 heavy (non-hydrogen) atoms. The smallest absolute Gasteiger partial charge is 0.0107 e. The van der Waals surface area contributed by atoms with Gasteiger partial charge < -0.3 is 10.2 Å². The van der Waals surface area contributed by atoms with E-state index in [1.54, 1.807) is 0 Å². The van der Waals surface area contributed by atoms with Gasteiger partial charge in [-0.2, -0.15) is 0 Å². The van der Waals surface area contributed by atoms with E-state index in [9.17, 15) is 0 Å². The van der Waals surface area contributed by atoms with E-state index in [0.717, 1.165) is 6.54 Å². The third kappa shape index (κ3) is 14.1. The summed E-state index contributed by atoms with van der Waals surface area (Å²) in [6, 6.07) is 0. The van der Waals surface area contributed by atoms with Crippen molar-refractivity contribution in [3.05, 3.63) is 0 Å². The molecule has 2 heteroatoms. The van der Waals surface area contributed by atoms with Gasteiger partial charge in [0.1, 0.15) is 0 Å². The summed E-state index contributed by atoms with van der Waals surface area (Å²) >= 11 is 0. The summed E-state index contributed by atoms with van der Waals surface area (Å²) in [6.07, 6.45) is 12.8. The van der Waals surface area contributed by atoms with Crippen molar-refractivity contribution in [3.63, 3.8) is 0 Å². The first-order chi connectivity index (χ1) is 9.35. The van der Waals surface area contributed by atoms with Crippen molar-refractivity contribution in [3.8, 4) is 0 Å². The van der Waals surface area contributed by atoms with Gasteiger partial charge in [0.2, 0.25) is 0 Å². The third-order valence-electron chi connectivity index (χ3n) is 3.96. The molecule has 0 aliphatic carbocycles. The van der Waals surface area contributed by atoms with Gasteiger partial charge in [0.05, 0.1) is 0 Å². The average molecular weight is 271 g/mol. The Labute approximate surface area is 122 Å². The van der Waals surface area contributed by atoms with Crippen LogP contribution in [-0.2, 0) is 0 Å². The lowest BCUT2D eigenvalue weighted by atomic mass is 10.1. The third-order valence-corrected chi connectivity index (χ3v) is 3.96. The number of hydrogen-bond acceptors (Lipinski definition) is 2. The Balaban J connectivity index is 3.02. The standard InChI is InChI=1S/C17H38N2/c1-4-7-8-9-10-11-12-13-14-15-18-16-17-19(5-2)6-3/h18H,4-17H2,1-3H3. The van der Waals surface area contributed by atoms with Gasteiger partial charge in [0.25, 0.3) is 0 Å². The lowest BCUT2D eigenvalue weighted by molar-refractivity contribution is 0.302. The highest BCUT2D eigenvalue weighted by atomic mass is 15.1. The molecule has 0 bridgehead atoms. The van der Waals surface area contributed by atoms with Crippen molar-refractivity contribution in [2.24, 2.45) is 0 Å². The zero-order valence-corrected chi connectivity index (χ0v) is 13.8. The van der Waals surface area contributed by atoms with Gasteiger partial charge in [0.15, 0.2) is 0 Å². The van der Waals surface area contributed by atoms with Gasteiger partial charge in [-0.1, -0.05) is 72.1 Å². The molecule has 0 rings (SSSR count). The van der Waals surface area contributed by atoms with Gasteiger partial charge in [-0.15, -0.1) is 0 Å². The van der Waals surface area contributed by atoms with Crippen LogP contribution in [0.1, 0.15) is 78.6 Å². The normalized spacial score (nSPS) is 11.4. The molecule has 0 spiro atoms. The van der Waals surface area contributed by atoms with Crippen LogP contribution in [0.4, 0.5) is 0 Å². The molecule has 0 aromatic carbocycles. The van der Waals surface area contributed by atoms with Crippen LogP contribution in [0.15, 0.2) is 0 Å².